The molecule has 0 radical (unpaired) electrons. The van der Waals surface area contributed by atoms with Gasteiger partial charge in [0, 0.05) is 5.54 Å². The van der Waals surface area contributed by atoms with E-state index in [9.17, 15) is 4.79 Å². The lowest BCUT2D eigenvalue weighted by molar-refractivity contribution is 0.230. The Balaban J connectivity index is 2.72. The Bertz CT molecular complexity index is 451. The van der Waals surface area contributed by atoms with Crippen LogP contribution in [0.15, 0.2) is 24.3 Å². The highest BCUT2D eigenvalue weighted by Gasteiger charge is 2.17. The molecule has 96 valence electrons. The number of nitrogens with one attached hydrogen (secondary N) is 2. The molecule has 0 saturated heterocycles. The molecule has 4 heteroatoms. The van der Waals surface area contributed by atoms with E-state index in [0.29, 0.717) is 0 Å². The average Bonchev–Trinajstić information content (AvgIpc) is 2.25. The number of benzene rings is 1. The van der Waals surface area contributed by atoms with Crippen molar-refractivity contribution >= 4 is 6.03 Å². The molecule has 2 amide bonds. The van der Waals surface area contributed by atoms with Crippen molar-refractivity contribution in [1.29, 1.82) is 5.26 Å². The first-order chi connectivity index (χ1) is 8.31. The molecule has 1 unspecified atom stereocenters. The van der Waals surface area contributed by atoms with Gasteiger partial charge in [-0.05, 0) is 33.3 Å². The maximum absolute atomic E-state index is 11.7. The molecule has 0 spiro atoms. The molecule has 0 aliphatic carbocycles. The van der Waals surface area contributed by atoms with E-state index < -0.39 is 6.04 Å². The second-order valence-electron chi connectivity index (χ2n) is 5.32. The summed E-state index contributed by atoms with van der Waals surface area (Å²) in [5.41, 5.74) is 1.58. The van der Waals surface area contributed by atoms with Crippen LogP contribution < -0.4 is 10.6 Å². The number of hydrogen-bond acceptors (Lipinski definition) is 2. The predicted octanol–water partition coefficient (Wildman–Crippen LogP) is 2.66. The number of carbonyl (C=O) groups excluding carboxylic acids is 1. The molecule has 4 nitrogen and oxygen atoms in total. The van der Waals surface area contributed by atoms with Gasteiger partial charge in [0.05, 0.1) is 6.07 Å². The van der Waals surface area contributed by atoms with Crippen LogP contribution in [0.3, 0.4) is 0 Å². The van der Waals surface area contributed by atoms with Gasteiger partial charge in [-0.3, -0.25) is 0 Å². The molecule has 0 aliphatic heterocycles. The maximum Gasteiger partial charge on any atom is 0.316 e. The molecule has 0 fully saturated rings. The lowest BCUT2D eigenvalue weighted by Crippen LogP contribution is -2.47. The summed E-state index contributed by atoms with van der Waals surface area (Å²) in [7, 11) is 0. The number of nitrogens with zero attached hydrogens (tertiary/aromatic N) is 1. The first kappa shape index (κ1) is 14.0. The molecule has 0 heterocycles. The zero-order chi connectivity index (χ0) is 13.8. The summed E-state index contributed by atoms with van der Waals surface area (Å²) in [6.07, 6.45) is 0. The molecule has 0 aromatic heterocycles. The number of rotatable bonds is 2. The number of urea groups is 1. The topological polar surface area (TPSA) is 64.9 Å². The number of nitriles is 1. The largest absolute Gasteiger partial charge is 0.334 e. The smallest absolute Gasteiger partial charge is 0.316 e. The molecule has 18 heavy (non-hydrogen) atoms. The lowest BCUT2D eigenvalue weighted by Gasteiger charge is -2.22. The zero-order valence-corrected chi connectivity index (χ0v) is 11.2. The Hall–Kier alpha value is -2.02. The van der Waals surface area contributed by atoms with E-state index in [1.54, 1.807) is 0 Å². The van der Waals surface area contributed by atoms with Gasteiger partial charge in [0.25, 0.3) is 0 Å². The van der Waals surface area contributed by atoms with Gasteiger partial charge < -0.3 is 10.6 Å². The molecule has 1 atom stereocenters. The van der Waals surface area contributed by atoms with Crippen molar-refractivity contribution in [2.24, 2.45) is 0 Å². The van der Waals surface area contributed by atoms with Crippen LogP contribution in [-0.2, 0) is 0 Å². The number of amides is 2. The van der Waals surface area contributed by atoms with Crippen molar-refractivity contribution in [2.75, 3.05) is 0 Å². The summed E-state index contributed by atoms with van der Waals surface area (Å²) in [5.74, 6) is 0. The SMILES string of the molecule is Cc1ccc(C(C#N)NC(=O)NC(C)(C)C)cc1. The van der Waals surface area contributed by atoms with Crippen LogP contribution in [-0.4, -0.2) is 11.6 Å². The fourth-order valence-corrected chi connectivity index (χ4v) is 1.46. The molecule has 2 N–H and O–H groups in total. The van der Waals surface area contributed by atoms with Crippen LogP contribution in [0.5, 0.6) is 0 Å². The molecular formula is C14H19N3O. The normalized spacial score (nSPS) is 12.4. The van der Waals surface area contributed by atoms with Crippen molar-refractivity contribution in [2.45, 2.75) is 39.3 Å². The monoisotopic (exact) mass is 245 g/mol. The van der Waals surface area contributed by atoms with Crippen molar-refractivity contribution < 1.29 is 4.79 Å². The van der Waals surface area contributed by atoms with E-state index in [1.165, 1.54) is 0 Å². The van der Waals surface area contributed by atoms with Crippen LogP contribution in [0.25, 0.3) is 0 Å². The molecule has 0 aliphatic rings. The molecule has 0 bridgehead atoms. The van der Waals surface area contributed by atoms with Crippen molar-refractivity contribution in [3.63, 3.8) is 0 Å². The summed E-state index contributed by atoms with van der Waals surface area (Å²) in [4.78, 5) is 11.7. The van der Waals surface area contributed by atoms with Crippen LogP contribution in [0, 0.1) is 18.3 Å². The number of hydrogen-bond donors (Lipinski definition) is 2. The van der Waals surface area contributed by atoms with E-state index in [1.807, 2.05) is 52.0 Å². The maximum atomic E-state index is 11.7. The van der Waals surface area contributed by atoms with E-state index in [4.69, 9.17) is 5.26 Å². The van der Waals surface area contributed by atoms with Crippen molar-refractivity contribution in [3.8, 4) is 6.07 Å². The third-order valence-electron chi connectivity index (χ3n) is 2.30. The fraction of sp³-hybridized carbons (Fsp3) is 0.429. The van der Waals surface area contributed by atoms with Gasteiger partial charge in [-0.1, -0.05) is 29.8 Å². The summed E-state index contributed by atoms with van der Waals surface area (Å²) in [5, 5.41) is 14.5. The minimum absolute atomic E-state index is 0.322. The standard InChI is InChI=1S/C14H19N3O/c1-10-5-7-11(8-6-10)12(9-15)16-13(18)17-14(2,3)4/h5-8,12H,1-4H3,(H2,16,17,18). The van der Waals surface area contributed by atoms with Gasteiger partial charge >= 0.3 is 6.03 Å². The van der Waals surface area contributed by atoms with Gasteiger partial charge in [0.1, 0.15) is 6.04 Å². The van der Waals surface area contributed by atoms with E-state index in [2.05, 4.69) is 16.7 Å². The summed E-state index contributed by atoms with van der Waals surface area (Å²) < 4.78 is 0. The van der Waals surface area contributed by atoms with Gasteiger partial charge in [-0.2, -0.15) is 5.26 Å². The highest BCUT2D eigenvalue weighted by atomic mass is 16.2. The highest BCUT2D eigenvalue weighted by Crippen LogP contribution is 2.13. The molecular weight excluding hydrogens is 226 g/mol. The molecule has 1 rings (SSSR count). The fourth-order valence-electron chi connectivity index (χ4n) is 1.46. The summed E-state index contributed by atoms with van der Waals surface area (Å²) in [6, 6.07) is 8.65. The second-order valence-corrected chi connectivity index (χ2v) is 5.32. The summed E-state index contributed by atoms with van der Waals surface area (Å²) in [6.45, 7) is 7.64. The zero-order valence-electron chi connectivity index (χ0n) is 11.2. The van der Waals surface area contributed by atoms with Gasteiger partial charge in [-0.15, -0.1) is 0 Å². The van der Waals surface area contributed by atoms with Gasteiger partial charge in [0.2, 0.25) is 0 Å². The molecule has 0 saturated carbocycles. The first-order valence-electron chi connectivity index (χ1n) is 5.87. The molecule has 1 aromatic rings. The Morgan fingerprint density at radius 3 is 2.28 bits per heavy atom. The Labute approximate surface area is 108 Å². The third-order valence-corrected chi connectivity index (χ3v) is 2.30. The van der Waals surface area contributed by atoms with Crippen molar-refractivity contribution in [1.82, 2.24) is 10.6 Å². The Morgan fingerprint density at radius 2 is 1.83 bits per heavy atom. The van der Waals surface area contributed by atoms with Crippen molar-refractivity contribution in [3.05, 3.63) is 35.4 Å². The van der Waals surface area contributed by atoms with Crippen LogP contribution in [0.2, 0.25) is 0 Å². The average molecular weight is 245 g/mol. The lowest BCUT2D eigenvalue weighted by atomic mass is 10.1. The highest BCUT2D eigenvalue weighted by molar-refractivity contribution is 5.75. The molecule has 1 aromatic carbocycles. The third kappa shape index (κ3) is 4.46. The van der Waals surface area contributed by atoms with E-state index >= 15 is 0 Å². The number of carbonyl (C=O) groups is 1. The van der Waals surface area contributed by atoms with Crippen LogP contribution >= 0.6 is 0 Å². The quantitative estimate of drug-likeness (QED) is 0.841. The van der Waals surface area contributed by atoms with Crippen LogP contribution in [0.1, 0.15) is 37.9 Å². The second kappa shape index (κ2) is 5.54. The van der Waals surface area contributed by atoms with Crippen LogP contribution in [0.4, 0.5) is 4.79 Å². The minimum Gasteiger partial charge on any atom is -0.334 e. The Morgan fingerprint density at radius 1 is 1.28 bits per heavy atom. The Kier molecular flexibility index (Phi) is 4.33. The first-order valence-corrected chi connectivity index (χ1v) is 5.87. The predicted molar refractivity (Wildman–Crippen MR) is 71.0 cm³/mol. The van der Waals surface area contributed by atoms with Gasteiger partial charge in [-0.25, -0.2) is 4.79 Å². The van der Waals surface area contributed by atoms with E-state index in [0.717, 1.165) is 11.1 Å². The van der Waals surface area contributed by atoms with Gasteiger partial charge in [0.15, 0.2) is 0 Å². The van der Waals surface area contributed by atoms with E-state index in [-0.39, 0.29) is 11.6 Å². The number of aryl methyl sites for hydroxylation is 1. The minimum atomic E-state index is -0.632. The summed E-state index contributed by atoms with van der Waals surface area (Å²) >= 11 is 0.